The van der Waals surface area contributed by atoms with E-state index in [1.807, 2.05) is 60.7 Å². The highest BCUT2D eigenvalue weighted by molar-refractivity contribution is 6.35. The minimum Gasteiger partial charge on any atom is -0.457 e. The second-order valence-electron chi connectivity index (χ2n) is 15.6. The van der Waals surface area contributed by atoms with E-state index in [0.29, 0.717) is 34.4 Å². The number of aldehydes is 1. The van der Waals surface area contributed by atoms with Crippen LogP contribution in [0.25, 0.3) is 50.9 Å². The largest absolute Gasteiger partial charge is 0.457 e. The zero-order valence-corrected chi connectivity index (χ0v) is 35.9. The molecule has 6 rings (SSSR count). The highest BCUT2D eigenvalue weighted by Crippen LogP contribution is 2.30. The van der Waals surface area contributed by atoms with Gasteiger partial charge < -0.3 is 14.2 Å². The Morgan fingerprint density at radius 3 is 1.34 bits per heavy atom. The molecule has 0 bridgehead atoms. The highest BCUT2D eigenvalue weighted by atomic mass is 35.5. The van der Waals surface area contributed by atoms with Crippen LogP contribution in [0.15, 0.2) is 92.0 Å². The van der Waals surface area contributed by atoms with Crippen LogP contribution in [-0.2, 0) is 19.0 Å². The zero-order chi connectivity index (χ0) is 43.9. The summed E-state index contributed by atoms with van der Waals surface area (Å²) in [5, 5.41) is 1.22. The molecule has 0 atom stereocenters. The fourth-order valence-electron chi connectivity index (χ4n) is 5.25. The van der Waals surface area contributed by atoms with Crippen molar-refractivity contribution >= 4 is 75.8 Å². The summed E-state index contributed by atoms with van der Waals surface area (Å²) in [5.74, 6) is 0.188. The van der Waals surface area contributed by atoms with E-state index in [0.717, 1.165) is 15.7 Å². The number of nitrogens with zero attached hydrogens (tertiary/aromatic N) is 6. The molecule has 0 radical (unpaired) electrons. The number of ether oxygens (including phenoxy) is 3. The van der Waals surface area contributed by atoms with Gasteiger partial charge in [0.05, 0.1) is 22.2 Å². The monoisotopic (exact) mass is 840 g/mol. The first-order chi connectivity index (χ1) is 27.6. The molecule has 13 nitrogen and oxygen atoms in total. The average molecular weight is 842 g/mol. The van der Waals surface area contributed by atoms with Crippen molar-refractivity contribution in [3.63, 3.8) is 0 Å². The molecule has 0 fully saturated rings. The van der Waals surface area contributed by atoms with E-state index < -0.39 is 35.0 Å². The van der Waals surface area contributed by atoms with Crippen LogP contribution in [0, 0.1) is 0 Å². The molecule has 59 heavy (non-hydrogen) atoms. The van der Waals surface area contributed by atoms with Gasteiger partial charge in [-0.2, -0.15) is 0 Å². The van der Waals surface area contributed by atoms with E-state index in [9.17, 15) is 19.2 Å². The van der Waals surface area contributed by atoms with E-state index >= 15 is 0 Å². The summed E-state index contributed by atoms with van der Waals surface area (Å²) in [5.41, 5.74) is 0.379. The summed E-state index contributed by atoms with van der Waals surface area (Å²) in [7, 11) is 0. The minimum atomic E-state index is -0.737. The van der Waals surface area contributed by atoms with E-state index in [4.69, 9.17) is 37.4 Å². The number of halogens is 2. The number of esters is 1. The molecule has 4 aromatic heterocycles. The molecule has 0 aliphatic rings. The van der Waals surface area contributed by atoms with Gasteiger partial charge in [0, 0.05) is 17.2 Å². The average Bonchev–Trinajstić information content (AvgIpc) is 3.73. The lowest BCUT2D eigenvalue weighted by Crippen LogP contribution is -2.28. The summed E-state index contributed by atoms with van der Waals surface area (Å²) in [4.78, 5) is 66.9. The molecule has 0 saturated carbocycles. The Morgan fingerprint density at radius 2 is 0.966 bits per heavy atom. The van der Waals surface area contributed by atoms with Crippen LogP contribution in [0.5, 0.6) is 0 Å². The molecule has 4 heterocycles. The van der Waals surface area contributed by atoms with Crippen LogP contribution in [0.3, 0.4) is 0 Å². The molecule has 0 spiro atoms. The third-order valence-corrected chi connectivity index (χ3v) is 7.99. The topological polar surface area (TPSA) is 157 Å². The van der Waals surface area contributed by atoms with Gasteiger partial charge in [-0.3, -0.25) is 4.79 Å². The number of aromatic nitrogens is 6. The van der Waals surface area contributed by atoms with Gasteiger partial charge in [0.15, 0.2) is 29.2 Å². The summed E-state index contributed by atoms with van der Waals surface area (Å²) >= 11 is 12.7. The van der Waals surface area contributed by atoms with Gasteiger partial charge in [-0.1, -0.05) is 83.9 Å². The number of rotatable bonds is 5. The predicted molar refractivity (Wildman–Crippen MR) is 231 cm³/mol. The maximum Gasteiger partial charge on any atom is 0.420 e. The lowest BCUT2D eigenvalue weighted by atomic mass is 10.2. The Bertz CT molecular complexity index is 2510. The van der Waals surface area contributed by atoms with Gasteiger partial charge in [-0.05, 0) is 80.5 Å². The molecule has 0 unspecified atom stereocenters. The molecular formula is C44H46Cl2N6O7. The SMILES string of the molecule is C=C.CC(C)(C)OC(=O)/C=C/c1cc2c(Cl)nc(-c3ccccc3)nc2n1C(=O)OC(C)(C)C.CC(C)(C)OC(=O)n1c(C=O)cc2c(Cl)nc(-c3ccccc3)nc21. The van der Waals surface area contributed by atoms with Gasteiger partial charge in [0.1, 0.15) is 27.1 Å². The van der Waals surface area contributed by atoms with E-state index in [1.54, 1.807) is 68.4 Å². The van der Waals surface area contributed by atoms with Crippen LogP contribution in [-0.4, -0.2) is 70.3 Å². The second-order valence-corrected chi connectivity index (χ2v) is 16.4. The number of benzene rings is 2. The van der Waals surface area contributed by atoms with E-state index in [1.165, 1.54) is 22.8 Å². The van der Waals surface area contributed by atoms with Crippen molar-refractivity contribution in [2.45, 2.75) is 79.1 Å². The maximum absolute atomic E-state index is 13.1. The van der Waals surface area contributed by atoms with Crippen LogP contribution in [0.4, 0.5) is 9.59 Å². The van der Waals surface area contributed by atoms with Crippen molar-refractivity contribution in [2.24, 2.45) is 0 Å². The Labute approximate surface area is 352 Å². The first-order valence-electron chi connectivity index (χ1n) is 18.3. The molecule has 0 amide bonds. The third kappa shape index (κ3) is 11.9. The quantitative estimate of drug-likeness (QED) is 0.0406. The van der Waals surface area contributed by atoms with Gasteiger partial charge in [0.25, 0.3) is 0 Å². The molecule has 6 aromatic rings. The van der Waals surface area contributed by atoms with Crippen LogP contribution in [0.1, 0.15) is 78.5 Å². The molecule has 0 N–H and O–H groups in total. The molecule has 308 valence electrons. The summed E-state index contributed by atoms with van der Waals surface area (Å²) in [6.45, 7) is 21.9. The molecule has 0 aliphatic heterocycles. The lowest BCUT2D eigenvalue weighted by Gasteiger charge is -2.20. The Kier molecular flexibility index (Phi) is 14.4. The highest BCUT2D eigenvalue weighted by Gasteiger charge is 2.26. The Balaban J connectivity index is 0.000000257. The van der Waals surface area contributed by atoms with Crippen molar-refractivity contribution in [3.8, 4) is 22.8 Å². The molecule has 2 aromatic carbocycles. The molecule has 0 saturated heterocycles. The van der Waals surface area contributed by atoms with Gasteiger partial charge in [-0.15, -0.1) is 13.2 Å². The second kappa shape index (κ2) is 18.6. The first-order valence-corrected chi connectivity index (χ1v) is 19.0. The maximum atomic E-state index is 13.1. The van der Waals surface area contributed by atoms with Gasteiger partial charge in [0.2, 0.25) is 0 Å². The molecular weight excluding hydrogens is 795 g/mol. The van der Waals surface area contributed by atoms with Crippen molar-refractivity contribution in [3.05, 3.63) is 114 Å². The summed E-state index contributed by atoms with van der Waals surface area (Å²) in [6.07, 6.45) is 1.94. The van der Waals surface area contributed by atoms with Crippen molar-refractivity contribution in [1.29, 1.82) is 0 Å². The van der Waals surface area contributed by atoms with Gasteiger partial charge in [-0.25, -0.2) is 43.5 Å². The normalized spacial score (nSPS) is 11.6. The first kappa shape index (κ1) is 45.5. The Morgan fingerprint density at radius 1 is 0.593 bits per heavy atom. The molecule has 15 heteroatoms. The van der Waals surface area contributed by atoms with Crippen molar-refractivity contribution in [1.82, 2.24) is 29.1 Å². The van der Waals surface area contributed by atoms with Crippen LogP contribution in [0.2, 0.25) is 10.3 Å². The number of carbonyl (C=O) groups is 4. The van der Waals surface area contributed by atoms with Crippen LogP contribution < -0.4 is 0 Å². The third-order valence-electron chi connectivity index (χ3n) is 7.42. The van der Waals surface area contributed by atoms with Crippen molar-refractivity contribution < 1.29 is 33.4 Å². The number of hydrogen-bond donors (Lipinski definition) is 0. The minimum absolute atomic E-state index is 0.102. The van der Waals surface area contributed by atoms with Crippen molar-refractivity contribution in [2.75, 3.05) is 0 Å². The van der Waals surface area contributed by atoms with Gasteiger partial charge >= 0.3 is 18.2 Å². The smallest absolute Gasteiger partial charge is 0.420 e. The fourth-order valence-corrected chi connectivity index (χ4v) is 5.69. The summed E-state index contributed by atoms with van der Waals surface area (Å²) in [6, 6.07) is 21.6. The van der Waals surface area contributed by atoms with Crippen LogP contribution >= 0.6 is 23.2 Å². The van der Waals surface area contributed by atoms with E-state index in [-0.39, 0.29) is 27.3 Å². The predicted octanol–water partition coefficient (Wildman–Crippen LogP) is 11.0. The fraction of sp³-hybridized carbons (Fsp3) is 0.273. The number of hydrogen-bond acceptors (Lipinski definition) is 11. The lowest BCUT2D eigenvalue weighted by molar-refractivity contribution is -0.148. The standard InChI is InChI=1S/C24H26ClN3O4.C18H16ClN3O3.C2H4/c1-23(2,3)31-18(29)13-12-16-14-17-19(25)26-20(15-10-8-7-9-11-15)27-21(17)28(16)22(30)32-24(4,5)6;1-18(2,3)25-17(24)22-12(10-23)9-13-14(19)20-15(21-16(13)22)11-7-5-4-6-8-11;1-2/h7-14H,1-6H3;4-10H,1-3H3;1-2H2/b13-12+;;. The Hall–Kier alpha value is -6.18. The number of carbonyl (C=O) groups excluding carboxylic acids is 4. The van der Waals surface area contributed by atoms with E-state index in [2.05, 4.69) is 33.1 Å². The molecule has 0 aliphatic carbocycles. The summed E-state index contributed by atoms with van der Waals surface area (Å²) < 4.78 is 18.7. The number of fused-ring (bicyclic) bond motifs is 2. The zero-order valence-electron chi connectivity index (χ0n) is 34.4.